The van der Waals surface area contributed by atoms with Crippen LogP contribution in [0.3, 0.4) is 0 Å². The summed E-state index contributed by atoms with van der Waals surface area (Å²) in [6.07, 6.45) is 5.27. The summed E-state index contributed by atoms with van der Waals surface area (Å²) >= 11 is 1.59. The highest BCUT2D eigenvalue weighted by Gasteiger charge is 2.27. The fraction of sp³-hybridized carbons (Fsp3) is 0.333. The van der Waals surface area contributed by atoms with Crippen molar-refractivity contribution in [1.29, 1.82) is 0 Å². The second kappa shape index (κ2) is 7.25. The molecule has 0 saturated carbocycles. The van der Waals surface area contributed by atoms with E-state index in [1.807, 2.05) is 16.8 Å². The summed E-state index contributed by atoms with van der Waals surface area (Å²) in [5, 5.41) is 19.4. The van der Waals surface area contributed by atoms with Gasteiger partial charge < -0.3 is 14.6 Å². The summed E-state index contributed by atoms with van der Waals surface area (Å²) < 4.78 is 6.03. The fourth-order valence-corrected chi connectivity index (χ4v) is 3.91. The molecule has 1 aliphatic heterocycles. The van der Waals surface area contributed by atoms with Gasteiger partial charge in [-0.05, 0) is 36.3 Å². The molecule has 4 heterocycles. The third kappa shape index (κ3) is 3.60. The lowest BCUT2D eigenvalue weighted by Gasteiger charge is -2.32. The van der Waals surface area contributed by atoms with Gasteiger partial charge in [-0.2, -0.15) is 21.1 Å². The first-order chi connectivity index (χ1) is 12.7. The molecule has 8 heteroatoms. The Hall–Kier alpha value is -2.74. The summed E-state index contributed by atoms with van der Waals surface area (Å²) in [5.74, 6) is 1.37. The molecular weight excluding hydrogens is 352 g/mol. The molecule has 26 heavy (non-hydrogen) atoms. The maximum absolute atomic E-state index is 12.6. The monoisotopic (exact) mass is 370 g/mol. The molecule has 1 aliphatic rings. The predicted octanol–water partition coefficient (Wildman–Crippen LogP) is 2.53. The lowest BCUT2D eigenvalue weighted by molar-refractivity contribution is -0.605. The minimum absolute atomic E-state index is 0.107. The van der Waals surface area contributed by atoms with Crippen LogP contribution in [-0.2, 0) is 6.42 Å². The van der Waals surface area contributed by atoms with Crippen molar-refractivity contribution in [3.05, 3.63) is 58.0 Å². The topological polar surface area (TPSA) is 86.2 Å². The third-order valence-electron chi connectivity index (χ3n) is 4.54. The highest BCUT2D eigenvalue weighted by Crippen LogP contribution is 2.24. The van der Waals surface area contributed by atoms with E-state index in [0.29, 0.717) is 41.5 Å². The molecule has 3 aromatic rings. The molecule has 0 N–H and O–H groups in total. The Morgan fingerprint density at radius 2 is 2.38 bits per heavy atom. The highest BCUT2D eigenvalue weighted by atomic mass is 32.1. The van der Waals surface area contributed by atoms with Gasteiger partial charge in [-0.15, -0.1) is 0 Å². The number of nitrogens with zero attached hydrogens (tertiary/aromatic N) is 4. The Balaban J connectivity index is 1.41. The zero-order chi connectivity index (χ0) is 17.9. The van der Waals surface area contributed by atoms with Crippen molar-refractivity contribution >= 4 is 17.2 Å². The lowest BCUT2D eigenvalue weighted by Crippen LogP contribution is -2.41. The number of thiophene rings is 1. The fourth-order valence-electron chi connectivity index (χ4n) is 3.27. The van der Waals surface area contributed by atoms with Crippen LogP contribution in [0.15, 0.2) is 45.9 Å². The van der Waals surface area contributed by atoms with E-state index in [9.17, 15) is 10.0 Å². The van der Waals surface area contributed by atoms with Gasteiger partial charge in [-0.1, -0.05) is 5.16 Å². The second-order valence-electron chi connectivity index (χ2n) is 6.44. The van der Waals surface area contributed by atoms with Crippen LogP contribution >= 0.6 is 11.3 Å². The minimum Gasteiger partial charge on any atom is -0.619 e. The number of rotatable bonds is 4. The van der Waals surface area contributed by atoms with E-state index in [1.165, 1.54) is 12.4 Å². The largest absolute Gasteiger partial charge is 0.619 e. The van der Waals surface area contributed by atoms with Gasteiger partial charge in [0.15, 0.2) is 12.4 Å². The predicted molar refractivity (Wildman–Crippen MR) is 95.3 cm³/mol. The number of likely N-dealkylation sites (tertiary alicyclic amines) is 1. The quantitative estimate of drug-likeness (QED) is 0.520. The van der Waals surface area contributed by atoms with Crippen molar-refractivity contribution in [3.63, 3.8) is 0 Å². The van der Waals surface area contributed by atoms with E-state index in [2.05, 4.69) is 10.1 Å². The smallest absolute Gasteiger partial charge is 0.259 e. The van der Waals surface area contributed by atoms with Crippen LogP contribution in [0.1, 0.15) is 29.1 Å². The average Bonchev–Trinajstić information content (AvgIpc) is 3.33. The zero-order valence-corrected chi connectivity index (χ0v) is 14.9. The van der Waals surface area contributed by atoms with Crippen LogP contribution in [0.5, 0.6) is 0 Å². The minimum atomic E-state index is -0.107. The molecule has 1 atom stereocenters. The summed E-state index contributed by atoms with van der Waals surface area (Å²) in [6.45, 7) is 1.33. The van der Waals surface area contributed by atoms with Crippen LogP contribution in [0.4, 0.5) is 0 Å². The molecule has 4 rings (SSSR count). The van der Waals surface area contributed by atoms with Gasteiger partial charge in [-0.25, -0.2) is 0 Å². The van der Waals surface area contributed by atoms with Gasteiger partial charge in [0.05, 0.1) is 0 Å². The number of carbonyl (C=O) groups is 1. The molecule has 1 fully saturated rings. The maximum atomic E-state index is 12.6. The third-order valence-corrected chi connectivity index (χ3v) is 5.22. The highest BCUT2D eigenvalue weighted by molar-refractivity contribution is 7.08. The van der Waals surface area contributed by atoms with E-state index >= 15 is 0 Å². The Kier molecular flexibility index (Phi) is 4.66. The van der Waals surface area contributed by atoms with Crippen molar-refractivity contribution in [2.75, 3.05) is 13.1 Å². The number of aromatic nitrogens is 3. The van der Waals surface area contributed by atoms with Crippen LogP contribution in [0.2, 0.25) is 0 Å². The van der Waals surface area contributed by atoms with Crippen molar-refractivity contribution in [3.8, 4) is 11.4 Å². The first-order valence-electron chi connectivity index (χ1n) is 8.52. The maximum Gasteiger partial charge on any atom is 0.259 e. The second-order valence-corrected chi connectivity index (χ2v) is 7.22. The Morgan fingerprint density at radius 1 is 1.46 bits per heavy atom. The van der Waals surface area contributed by atoms with Crippen LogP contribution < -0.4 is 4.73 Å². The van der Waals surface area contributed by atoms with Crippen molar-refractivity contribution in [2.45, 2.75) is 19.3 Å². The first kappa shape index (κ1) is 16.7. The summed E-state index contributed by atoms with van der Waals surface area (Å²) in [5.41, 5.74) is 1.38. The van der Waals surface area contributed by atoms with Gasteiger partial charge in [0.25, 0.3) is 5.91 Å². The van der Waals surface area contributed by atoms with Crippen molar-refractivity contribution < 1.29 is 14.0 Å². The average molecular weight is 370 g/mol. The molecule has 0 unspecified atom stereocenters. The van der Waals surface area contributed by atoms with Crippen LogP contribution in [0, 0.1) is 11.1 Å². The van der Waals surface area contributed by atoms with E-state index in [-0.39, 0.29) is 11.8 Å². The summed E-state index contributed by atoms with van der Waals surface area (Å²) in [6, 6.07) is 5.22. The Labute approximate surface area is 154 Å². The number of pyridine rings is 1. The number of hydrogen-bond acceptors (Lipinski definition) is 6. The molecule has 0 spiro atoms. The zero-order valence-electron chi connectivity index (χ0n) is 14.1. The van der Waals surface area contributed by atoms with Gasteiger partial charge in [0, 0.05) is 36.5 Å². The molecule has 0 bridgehead atoms. The standard InChI is InChI=1S/C18H18N4O3S/c23-18(14-4-2-7-22(24)11-14)21-6-1-3-13(10-21)9-16-19-17(20-25-16)15-5-8-26-12-15/h2,4-5,7-8,11-13H,1,3,6,9-10H2/t13-/m0/s1. The molecule has 0 aromatic carbocycles. The Morgan fingerprint density at radius 3 is 3.19 bits per heavy atom. The SMILES string of the molecule is O=C(c1ccc[n+]([O-])c1)N1CCC[C@@H](Cc2nc(-c3ccsc3)no2)C1. The molecular formula is C18H18N4O3S. The Bertz CT molecular complexity index is 893. The normalized spacial score (nSPS) is 17.4. The van der Waals surface area contributed by atoms with E-state index in [4.69, 9.17) is 4.52 Å². The number of piperidine rings is 1. The molecule has 1 amide bonds. The van der Waals surface area contributed by atoms with E-state index in [1.54, 1.807) is 28.4 Å². The van der Waals surface area contributed by atoms with Gasteiger partial charge >= 0.3 is 0 Å². The molecule has 3 aromatic heterocycles. The van der Waals surface area contributed by atoms with Crippen molar-refractivity contribution in [2.24, 2.45) is 5.92 Å². The van der Waals surface area contributed by atoms with E-state index in [0.717, 1.165) is 18.4 Å². The van der Waals surface area contributed by atoms with E-state index < -0.39 is 0 Å². The van der Waals surface area contributed by atoms with Gasteiger partial charge in [0.2, 0.25) is 11.7 Å². The molecule has 134 valence electrons. The number of hydrogen-bond donors (Lipinski definition) is 0. The summed E-state index contributed by atoms with van der Waals surface area (Å²) in [7, 11) is 0. The van der Waals surface area contributed by atoms with Crippen LogP contribution in [0.25, 0.3) is 11.4 Å². The molecule has 1 saturated heterocycles. The molecule has 0 radical (unpaired) electrons. The van der Waals surface area contributed by atoms with Gasteiger partial charge in [0.1, 0.15) is 5.56 Å². The lowest BCUT2D eigenvalue weighted by atomic mass is 9.94. The summed E-state index contributed by atoms with van der Waals surface area (Å²) in [4.78, 5) is 18.9. The van der Waals surface area contributed by atoms with Crippen LogP contribution in [-0.4, -0.2) is 34.0 Å². The first-order valence-corrected chi connectivity index (χ1v) is 9.46. The molecule has 7 nitrogen and oxygen atoms in total. The van der Waals surface area contributed by atoms with Gasteiger partial charge in [-0.3, -0.25) is 4.79 Å². The van der Waals surface area contributed by atoms with Crippen molar-refractivity contribution in [1.82, 2.24) is 15.0 Å². The number of amides is 1. The number of carbonyl (C=O) groups excluding carboxylic acids is 1. The molecule has 0 aliphatic carbocycles.